The van der Waals surface area contributed by atoms with Gasteiger partial charge in [-0.05, 0) is 45.7 Å². The number of nitrogens with zero attached hydrogens (tertiary/aromatic N) is 4. The van der Waals surface area contributed by atoms with E-state index in [0.717, 1.165) is 17.3 Å². The van der Waals surface area contributed by atoms with E-state index in [1.54, 1.807) is 0 Å². The number of rotatable bonds is 3. The SMILES string of the molecule is Cc1ccc(-c2cn(C3CCN(C4CCNCC4)CC3)nn2)cc1. The molecule has 128 valence electrons. The molecule has 0 amide bonds. The van der Waals surface area contributed by atoms with Gasteiger partial charge in [0.25, 0.3) is 0 Å². The van der Waals surface area contributed by atoms with Crippen LogP contribution in [0.5, 0.6) is 0 Å². The molecule has 5 heteroatoms. The van der Waals surface area contributed by atoms with Gasteiger partial charge in [0, 0.05) is 24.7 Å². The second-order valence-corrected chi connectivity index (χ2v) is 7.20. The molecule has 24 heavy (non-hydrogen) atoms. The van der Waals surface area contributed by atoms with E-state index < -0.39 is 0 Å². The highest BCUT2D eigenvalue weighted by Crippen LogP contribution is 2.26. The Morgan fingerprint density at radius 1 is 0.958 bits per heavy atom. The number of hydrogen-bond donors (Lipinski definition) is 1. The zero-order valence-electron chi connectivity index (χ0n) is 14.5. The van der Waals surface area contributed by atoms with Gasteiger partial charge in [-0.1, -0.05) is 35.0 Å². The van der Waals surface area contributed by atoms with Crippen molar-refractivity contribution in [1.82, 2.24) is 25.2 Å². The molecule has 2 saturated heterocycles. The highest BCUT2D eigenvalue weighted by Gasteiger charge is 2.27. The van der Waals surface area contributed by atoms with Crippen molar-refractivity contribution >= 4 is 0 Å². The molecule has 1 aromatic heterocycles. The van der Waals surface area contributed by atoms with E-state index in [9.17, 15) is 0 Å². The summed E-state index contributed by atoms with van der Waals surface area (Å²) in [6, 6.07) is 9.80. The molecular weight excluding hydrogens is 298 g/mol. The second kappa shape index (κ2) is 7.03. The molecule has 0 unspecified atom stereocenters. The third-order valence-corrected chi connectivity index (χ3v) is 5.56. The first kappa shape index (κ1) is 15.8. The van der Waals surface area contributed by atoms with Crippen molar-refractivity contribution in [1.29, 1.82) is 0 Å². The Labute approximate surface area is 144 Å². The van der Waals surface area contributed by atoms with E-state index in [-0.39, 0.29) is 0 Å². The Hall–Kier alpha value is -1.72. The highest BCUT2D eigenvalue weighted by molar-refractivity contribution is 5.57. The highest BCUT2D eigenvalue weighted by atomic mass is 15.4. The van der Waals surface area contributed by atoms with Crippen LogP contribution in [-0.2, 0) is 0 Å². The fraction of sp³-hybridized carbons (Fsp3) is 0.579. The molecule has 1 aromatic carbocycles. The van der Waals surface area contributed by atoms with Gasteiger partial charge in [0.05, 0.1) is 12.2 Å². The van der Waals surface area contributed by atoms with E-state index in [2.05, 4.69) is 62.6 Å². The lowest BCUT2D eigenvalue weighted by atomic mass is 9.99. The minimum Gasteiger partial charge on any atom is -0.317 e. The lowest BCUT2D eigenvalue weighted by molar-refractivity contribution is 0.109. The third kappa shape index (κ3) is 3.37. The average molecular weight is 325 g/mol. The van der Waals surface area contributed by atoms with Crippen LogP contribution < -0.4 is 5.32 Å². The number of nitrogens with one attached hydrogen (secondary N) is 1. The zero-order valence-corrected chi connectivity index (χ0v) is 14.5. The molecule has 2 fully saturated rings. The minimum atomic E-state index is 0.495. The first-order chi connectivity index (χ1) is 11.8. The van der Waals surface area contributed by atoms with Crippen LogP contribution in [0.1, 0.15) is 37.3 Å². The van der Waals surface area contributed by atoms with Gasteiger partial charge in [-0.2, -0.15) is 0 Å². The summed E-state index contributed by atoms with van der Waals surface area (Å²) in [5.74, 6) is 0. The van der Waals surface area contributed by atoms with E-state index in [4.69, 9.17) is 0 Å². The molecule has 0 spiro atoms. The normalized spacial score (nSPS) is 21.2. The van der Waals surface area contributed by atoms with Crippen molar-refractivity contribution in [2.24, 2.45) is 0 Å². The Morgan fingerprint density at radius 3 is 2.38 bits per heavy atom. The van der Waals surface area contributed by atoms with Crippen LogP contribution in [0.25, 0.3) is 11.3 Å². The molecule has 0 saturated carbocycles. The third-order valence-electron chi connectivity index (χ3n) is 5.56. The molecule has 2 aromatic rings. The van der Waals surface area contributed by atoms with Crippen molar-refractivity contribution < 1.29 is 0 Å². The Balaban J connectivity index is 1.38. The number of benzene rings is 1. The number of piperidine rings is 2. The second-order valence-electron chi connectivity index (χ2n) is 7.20. The fourth-order valence-electron chi connectivity index (χ4n) is 4.00. The van der Waals surface area contributed by atoms with E-state index in [1.165, 1.54) is 57.4 Å². The molecular formula is C19H27N5. The predicted octanol–water partition coefficient (Wildman–Crippen LogP) is 2.64. The van der Waals surface area contributed by atoms with Crippen molar-refractivity contribution in [2.75, 3.05) is 26.2 Å². The summed E-state index contributed by atoms with van der Waals surface area (Å²) in [5.41, 5.74) is 3.41. The largest absolute Gasteiger partial charge is 0.317 e. The molecule has 2 aliphatic rings. The summed E-state index contributed by atoms with van der Waals surface area (Å²) < 4.78 is 2.09. The molecule has 2 aliphatic heterocycles. The summed E-state index contributed by atoms with van der Waals surface area (Å²) in [5, 5.41) is 12.3. The summed E-state index contributed by atoms with van der Waals surface area (Å²) in [6.45, 7) is 6.84. The predicted molar refractivity (Wildman–Crippen MR) is 95.9 cm³/mol. The van der Waals surface area contributed by atoms with Gasteiger partial charge in [0.1, 0.15) is 5.69 Å². The Morgan fingerprint density at radius 2 is 1.67 bits per heavy atom. The summed E-state index contributed by atoms with van der Waals surface area (Å²) in [7, 11) is 0. The van der Waals surface area contributed by atoms with Crippen LogP contribution in [0.3, 0.4) is 0 Å². The first-order valence-electron chi connectivity index (χ1n) is 9.23. The topological polar surface area (TPSA) is 46.0 Å². The monoisotopic (exact) mass is 325 g/mol. The maximum absolute atomic E-state index is 4.41. The van der Waals surface area contributed by atoms with Gasteiger partial charge < -0.3 is 10.2 Å². The molecule has 3 heterocycles. The van der Waals surface area contributed by atoms with Crippen LogP contribution in [-0.4, -0.2) is 52.1 Å². The van der Waals surface area contributed by atoms with Crippen molar-refractivity contribution in [3.63, 3.8) is 0 Å². The fourth-order valence-corrected chi connectivity index (χ4v) is 4.00. The molecule has 0 atom stereocenters. The average Bonchev–Trinajstić information content (AvgIpc) is 3.13. The standard InChI is InChI=1S/C19H27N5/c1-15-2-4-16(5-3-15)19-14-24(22-21-19)18-8-12-23(13-9-18)17-6-10-20-11-7-17/h2-5,14,17-18,20H,6-13H2,1H3. The number of likely N-dealkylation sites (tertiary alicyclic amines) is 1. The van der Waals surface area contributed by atoms with Gasteiger partial charge in [-0.25, -0.2) is 4.68 Å². The van der Waals surface area contributed by atoms with Gasteiger partial charge in [0.2, 0.25) is 0 Å². The maximum atomic E-state index is 4.41. The summed E-state index contributed by atoms with van der Waals surface area (Å²) in [4.78, 5) is 2.69. The summed E-state index contributed by atoms with van der Waals surface area (Å²) >= 11 is 0. The zero-order chi connectivity index (χ0) is 16.4. The van der Waals surface area contributed by atoms with Gasteiger partial charge in [-0.3, -0.25) is 0 Å². The van der Waals surface area contributed by atoms with Crippen LogP contribution in [0.15, 0.2) is 30.5 Å². The maximum Gasteiger partial charge on any atom is 0.113 e. The van der Waals surface area contributed by atoms with E-state index in [0.29, 0.717) is 6.04 Å². The van der Waals surface area contributed by atoms with Crippen LogP contribution in [0, 0.1) is 6.92 Å². The van der Waals surface area contributed by atoms with Crippen LogP contribution in [0.2, 0.25) is 0 Å². The van der Waals surface area contributed by atoms with Crippen molar-refractivity contribution in [3.05, 3.63) is 36.0 Å². The number of hydrogen-bond acceptors (Lipinski definition) is 4. The number of aryl methyl sites for hydroxylation is 1. The van der Waals surface area contributed by atoms with Crippen molar-refractivity contribution in [2.45, 2.75) is 44.7 Å². The lowest BCUT2D eigenvalue weighted by Crippen LogP contribution is -2.46. The smallest absolute Gasteiger partial charge is 0.113 e. The summed E-state index contributed by atoms with van der Waals surface area (Å²) in [6.07, 6.45) is 7.08. The van der Waals surface area contributed by atoms with Crippen LogP contribution >= 0.6 is 0 Å². The van der Waals surface area contributed by atoms with Crippen molar-refractivity contribution in [3.8, 4) is 11.3 Å². The molecule has 4 rings (SSSR count). The quantitative estimate of drug-likeness (QED) is 0.942. The van der Waals surface area contributed by atoms with E-state index >= 15 is 0 Å². The Kier molecular flexibility index (Phi) is 4.63. The lowest BCUT2D eigenvalue weighted by Gasteiger charge is -2.39. The molecule has 0 radical (unpaired) electrons. The van der Waals surface area contributed by atoms with Gasteiger partial charge >= 0.3 is 0 Å². The minimum absolute atomic E-state index is 0.495. The first-order valence-corrected chi connectivity index (χ1v) is 9.23. The Bertz CT molecular complexity index is 649. The van der Waals surface area contributed by atoms with Gasteiger partial charge in [-0.15, -0.1) is 5.10 Å². The number of aromatic nitrogens is 3. The molecule has 0 aliphatic carbocycles. The molecule has 1 N–H and O–H groups in total. The van der Waals surface area contributed by atoms with Crippen LogP contribution in [0.4, 0.5) is 0 Å². The van der Waals surface area contributed by atoms with E-state index in [1.807, 2.05) is 0 Å². The molecule has 5 nitrogen and oxygen atoms in total. The van der Waals surface area contributed by atoms with Gasteiger partial charge in [0.15, 0.2) is 0 Å². The molecule has 0 bridgehead atoms.